The molecule has 6 heteroatoms. The molecule has 1 amide bonds. The van der Waals surface area contributed by atoms with Crippen LogP contribution in [0.4, 0.5) is 10.1 Å². The van der Waals surface area contributed by atoms with Gasteiger partial charge >= 0.3 is 0 Å². The van der Waals surface area contributed by atoms with E-state index in [2.05, 4.69) is 10.3 Å². The number of aromatic nitrogens is 2. The van der Waals surface area contributed by atoms with Crippen LogP contribution in [0, 0.1) is 5.82 Å². The molecule has 1 saturated carbocycles. The van der Waals surface area contributed by atoms with Crippen molar-refractivity contribution in [3.05, 3.63) is 48.3 Å². The third kappa shape index (κ3) is 2.36. The standard InChI is InChI=1S/C14H15FN4O/c15-10-3-1-2-4-11(10)18-13(14(16)20)12-7-17-8-19(12)9-5-6-9/h1-4,7-9,13,18H,5-6H2,(H2,16,20). The van der Waals surface area contributed by atoms with E-state index in [4.69, 9.17) is 5.73 Å². The molecule has 1 aliphatic rings. The maximum absolute atomic E-state index is 13.7. The number of amides is 1. The van der Waals surface area contributed by atoms with Crippen LogP contribution in [0.3, 0.4) is 0 Å². The Morgan fingerprint density at radius 3 is 2.85 bits per heavy atom. The first kappa shape index (κ1) is 12.7. The lowest BCUT2D eigenvalue weighted by atomic mass is 10.2. The molecule has 20 heavy (non-hydrogen) atoms. The molecule has 0 radical (unpaired) electrons. The first-order chi connectivity index (χ1) is 9.66. The van der Waals surface area contributed by atoms with Crippen molar-refractivity contribution in [3.8, 4) is 0 Å². The highest BCUT2D eigenvalue weighted by molar-refractivity contribution is 5.84. The largest absolute Gasteiger partial charge is 0.368 e. The van der Waals surface area contributed by atoms with Gasteiger partial charge in [-0.3, -0.25) is 4.79 Å². The van der Waals surface area contributed by atoms with E-state index in [1.54, 1.807) is 30.7 Å². The Bertz CT molecular complexity index is 636. The summed E-state index contributed by atoms with van der Waals surface area (Å²) in [6.07, 6.45) is 5.41. The van der Waals surface area contributed by atoms with Gasteiger partial charge in [-0.05, 0) is 25.0 Å². The molecule has 0 bridgehead atoms. The van der Waals surface area contributed by atoms with Gasteiger partial charge in [-0.25, -0.2) is 9.37 Å². The summed E-state index contributed by atoms with van der Waals surface area (Å²) in [5.41, 5.74) is 6.37. The van der Waals surface area contributed by atoms with Gasteiger partial charge in [-0.1, -0.05) is 12.1 Å². The number of nitrogens with one attached hydrogen (secondary N) is 1. The predicted octanol–water partition coefficient (Wildman–Crippen LogP) is 2.00. The summed E-state index contributed by atoms with van der Waals surface area (Å²) in [6.45, 7) is 0. The van der Waals surface area contributed by atoms with Gasteiger partial charge < -0.3 is 15.6 Å². The molecule has 1 aromatic carbocycles. The van der Waals surface area contributed by atoms with Crippen molar-refractivity contribution in [1.82, 2.24) is 9.55 Å². The van der Waals surface area contributed by atoms with Crippen LogP contribution < -0.4 is 11.1 Å². The average molecular weight is 274 g/mol. The number of hydrogen-bond acceptors (Lipinski definition) is 3. The molecule has 1 unspecified atom stereocenters. The van der Waals surface area contributed by atoms with Crippen molar-refractivity contribution in [1.29, 1.82) is 0 Å². The van der Waals surface area contributed by atoms with Gasteiger partial charge in [-0.15, -0.1) is 0 Å². The Hall–Kier alpha value is -2.37. The van der Waals surface area contributed by atoms with Crippen LogP contribution in [0.15, 0.2) is 36.8 Å². The lowest BCUT2D eigenvalue weighted by Gasteiger charge is -2.18. The molecule has 1 heterocycles. The monoisotopic (exact) mass is 274 g/mol. The van der Waals surface area contributed by atoms with E-state index in [9.17, 15) is 9.18 Å². The van der Waals surface area contributed by atoms with E-state index >= 15 is 0 Å². The van der Waals surface area contributed by atoms with Crippen LogP contribution in [0.2, 0.25) is 0 Å². The minimum atomic E-state index is -0.796. The van der Waals surface area contributed by atoms with E-state index in [0.717, 1.165) is 12.8 Å². The number of rotatable bonds is 5. The number of imidazole rings is 1. The minimum absolute atomic E-state index is 0.250. The fourth-order valence-corrected chi connectivity index (χ4v) is 2.22. The number of hydrogen-bond donors (Lipinski definition) is 2. The van der Waals surface area contributed by atoms with Gasteiger partial charge in [0.25, 0.3) is 0 Å². The molecule has 3 rings (SSSR count). The van der Waals surface area contributed by atoms with Crippen molar-refractivity contribution in [2.24, 2.45) is 5.73 Å². The highest BCUT2D eigenvalue weighted by Crippen LogP contribution is 2.37. The number of para-hydroxylation sites is 1. The molecule has 1 fully saturated rings. The highest BCUT2D eigenvalue weighted by atomic mass is 19.1. The number of primary amides is 1. The number of nitrogens with zero attached hydrogens (tertiary/aromatic N) is 2. The maximum Gasteiger partial charge on any atom is 0.246 e. The van der Waals surface area contributed by atoms with E-state index in [0.29, 0.717) is 11.7 Å². The normalized spacial score (nSPS) is 15.8. The van der Waals surface area contributed by atoms with E-state index in [1.807, 2.05) is 4.57 Å². The number of benzene rings is 1. The van der Waals surface area contributed by atoms with Crippen LogP contribution in [0.5, 0.6) is 0 Å². The second-order valence-corrected chi connectivity index (χ2v) is 4.92. The Balaban J connectivity index is 1.91. The molecule has 104 valence electrons. The number of halogens is 1. The molecule has 1 aliphatic carbocycles. The van der Waals surface area contributed by atoms with E-state index in [-0.39, 0.29) is 5.69 Å². The smallest absolute Gasteiger partial charge is 0.246 e. The summed E-state index contributed by atoms with van der Waals surface area (Å²) in [6, 6.07) is 5.77. The SMILES string of the molecule is NC(=O)C(Nc1ccccc1F)c1cncn1C1CC1. The van der Waals surface area contributed by atoms with Gasteiger partial charge in [0.2, 0.25) is 5.91 Å². The zero-order chi connectivity index (χ0) is 14.1. The van der Waals surface area contributed by atoms with Gasteiger partial charge in [-0.2, -0.15) is 0 Å². The summed E-state index contributed by atoms with van der Waals surface area (Å²) >= 11 is 0. The molecule has 1 atom stereocenters. The zero-order valence-corrected chi connectivity index (χ0v) is 10.8. The second kappa shape index (κ2) is 4.96. The molecule has 0 spiro atoms. The lowest BCUT2D eigenvalue weighted by Crippen LogP contribution is -2.29. The van der Waals surface area contributed by atoms with Gasteiger partial charge in [0.1, 0.15) is 11.9 Å². The molecular formula is C14H15FN4O. The van der Waals surface area contributed by atoms with Gasteiger partial charge in [0, 0.05) is 6.04 Å². The first-order valence-electron chi connectivity index (χ1n) is 6.49. The Kier molecular flexibility index (Phi) is 3.14. The third-order valence-electron chi connectivity index (χ3n) is 3.39. The third-order valence-corrected chi connectivity index (χ3v) is 3.39. The van der Waals surface area contributed by atoms with Crippen LogP contribution in [-0.2, 0) is 4.79 Å². The number of carbonyl (C=O) groups is 1. The maximum atomic E-state index is 13.7. The number of nitrogens with two attached hydrogens (primary N) is 1. The molecule has 3 N–H and O–H groups in total. The van der Waals surface area contributed by atoms with Crippen molar-refractivity contribution in [2.75, 3.05) is 5.32 Å². The summed E-state index contributed by atoms with van der Waals surface area (Å²) in [5.74, 6) is -0.980. The van der Waals surface area contributed by atoms with Crippen LogP contribution >= 0.6 is 0 Å². The molecular weight excluding hydrogens is 259 g/mol. The van der Waals surface area contributed by atoms with Crippen molar-refractivity contribution in [2.45, 2.75) is 24.9 Å². The van der Waals surface area contributed by atoms with E-state index < -0.39 is 17.8 Å². The molecule has 0 aliphatic heterocycles. The van der Waals surface area contributed by atoms with Gasteiger partial charge in [0.05, 0.1) is 23.9 Å². The first-order valence-corrected chi connectivity index (χ1v) is 6.49. The summed E-state index contributed by atoms with van der Waals surface area (Å²) in [5, 5.41) is 2.86. The topological polar surface area (TPSA) is 72.9 Å². The molecule has 2 aromatic rings. The molecule has 0 saturated heterocycles. The summed E-state index contributed by atoms with van der Waals surface area (Å²) < 4.78 is 15.6. The Labute approximate surface area is 115 Å². The Morgan fingerprint density at radius 2 is 2.20 bits per heavy atom. The van der Waals surface area contributed by atoms with Crippen molar-refractivity contribution >= 4 is 11.6 Å². The second-order valence-electron chi connectivity index (χ2n) is 4.92. The van der Waals surface area contributed by atoms with Crippen LogP contribution in [0.1, 0.15) is 30.6 Å². The zero-order valence-electron chi connectivity index (χ0n) is 10.8. The number of carbonyl (C=O) groups excluding carboxylic acids is 1. The van der Waals surface area contributed by atoms with E-state index in [1.165, 1.54) is 6.07 Å². The van der Waals surface area contributed by atoms with Crippen LogP contribution in [0.25, 0.3) is 0 Å². The number of anilines is 1. The summed E-state index contributed by atoms with van der Waals surface area (Å²) in [7, 11) is 0. The quantitative estimate of drug-likeness (QED) is 0.875. The van der Waals surface area contributed by atoms with Gasteiger partial charge in [0.15, 0.2) is 0 Å². The molecule has 5 nitrogen and oxygen atoms in total. The van der Waals surface area contributed by atoms with Crippen LogP contribution in [-0.4, -0.2) is 15.5 Å². The summed E-state index contributed by atoms with van der Waals surface area (Å²) in [4.78, 5) is 15.8. The predicted molar refractivity (Wildman–Crippen MR) is 72.5 cm³/mol. The minimum Gasteiger partial charge on any atom is -0.368 e. The highest BCUT2D eigenvalue weighted by Gasteiger charge is 2.30. The average Bonchev–Trinajstić information content (AvgIpc) is 3.16. The fourth-order valence-electron chi connectivity index (χ4n) is 2.22. The fraction of sp³-hybridized carbons (Fsp3) is 0.286. The van der Waals surface area contributed by atoms with Crippen molar-refractivity contribution < 1.29 is 9.18 Å². The molecule has 1 aromatic heterocycles. The lowest BCUT2D eigenvalue weighted by molar-refractivity contribution is -0.119. The van der Waals surface area contributed by atoms with Crippen molar-refractivity contribution in [3.63, 3.8) is 0 Å². The Morgan fingerprint density at radius 1 is 1.45 bits per heavy atom.